The molecule has 2 aromatic carbocycles. The van der Waals surface area contributed by atoms with Gasteiger partial charge in [-0.25, -0.2) is 4.98 Å². The van der Waals surface area contributed by atoms with Crippen LogP contribution in [0.25, 0.3) is 0 Å². The number of benzene rings is 2. The lowest BCUT2D eigenvalue weighted by molar-refractivity contribution is 0.314. The largest absolute Gasteiger partial charge is 0.495 e. The minimum Gasteiger partial charge on any atom is -0.495 e. The maximum Gasteiger partial charge on any atom is 0.229 e. The van der Waals surface area contributed by atoms with E-state index >= 15 is 0 Å². The molecule has 0 bridgehead atoms. The molecule has 0 saturated carbocycles. The summed E-state index contributed by atoms with van der Waals surface area (Å²) in [7, 11) is 3.28. The number of ether oxygens (including phenoxy) is 1. The lowest BCUT2D eigenvalue weighted by Crippen LogP contribution is -2.32. The monoisotopic (exact) mass is 501 g/mol. The molecule has 3 aromatic rings. The van der Waals surface area contributed by atoms with Crippen molar-refractivity contribution in [2.45, 2.75) is 19.3 Å². The molecule has 0 unspecified atom stereocenters. The van der Waals surface area contributed by atoms with Crippen molar-refractivity contribution in [1.29, 1.82) is 0 Å². The summed E-state index contributed by atoms with van der Waals surface area (Å²) in [6.07, 6.45) is 1.53. The number of nitrogens with zero attached hydrogens (tertiary/aromatic N) is 3. The summed E-state index contributed by atoms with van der Waals surface area (Å²) in [5.41, 5.74) is 2.57. The van der Waals surface area contributed by atoms with Crippen molar-refractivity contribution < 1.29 is 9.30 Å². The van der Waals surface area contributed by atoms with Crippen LogP contribution in [0, 0.1) is 0 Å². The Morgan fingerprint density at radius 2 is 1.79 bits per heavy atom. The van der Waals surface area contributed by atoms with Crippen LogP contribution >= 0.6 is 18.7 Å². The zero-order valence-electron chi connectivity index (χ0n) is 20.8. The number of hydrogen-bond donors (Lipinski definition) is 2. The molecule has 9 heteroatoms. The fraction of sp³-hybridized carbons (Fsp3) is 0.360. The van der Waals surface area contributed by atoms with Gasteiger partial charge in [0, 0.05) is 17.3 Å². The molecule has 0 saturated heterocycles. The van der Waals surface area contributed by atoms with Crippen molar-refractivity contribution in [3.05, 3.63) is 59.2 Å². The average Bonchev–Trinajstić information content (AvgIpc) is 2.75. The summed E-state index contributed by atoms with van der Waals surface area (Å²) in [6.45, 7) is 8.79. The van der Waals surface area contributed by atoms with Crippen LogP contribution in [0.3, 0.4) is 0 Å². The average molecular weight is 502 g/mol. The van der Waals surface area contributed by atoms with Crippen LogP contribution < -0.4 is 20.7 Å². The first-order valence-electron chi connectivity index (χ1n) is 10.9. The third kappa shape index (κ3) is 6.29. The van der Waals surface area contributed by atoms with Crippen LogP contribution in [-0.4, -0.2) is 55.9 Å². The topological polar surface area (TPSA) is 79.4 Å². The van der Waals surface area contributed by atoms with E-state index in [9.17, 15) is 4.57 Å². The van der Waals surface area contributed by atoms with Gasteiger partial charge in [0.1, 0.15) is 17.9 Å². The predicted octanol–water partition coefficient (Wildman–Crippen LogP) is 5.71. The fourth-order valence-corrected chi connectivity index (χ4v) is 5.20. The highest BCUT2D eigenvalue weighted by atomic mass is 35.5. The number of anilines is 4. The number of hydrogen-bond acceptors (Lipinski definition) is 7. The van der Waals surface area contributed by atoms with Crippen LogP contribution in [0.15, 0.2) is 48.7 Å². The number of para-hydroxylation sites is 1. The van der Waals surface area contributed by atoms with Gasteiger partial charge in [-0.1, -0.05) is 43.6 Å². The Balaban J connectivity index is 1.90. The number of methoxy groups -OCH3 is 1. The van der Waals surface area contributed by atoms with Gasteiger partial charge in [-0.2, -0.15) is 4.98 Å². The van der Waals surface area contributed by atoms with Crippen molar-refractivity contribution in [1.82, 2.24) is 14.9 Å². The molecule has 1 heterocycles. The van der Waals surface area contributed by atoms with Crippen molar-refractivity contribution in [3.8, 4) is 5.75 Å². The molecule has 1 aromatic heterocycles. The summed E-state index contributed by atoms with van der Waals surface area (Å²) < 4.78 is 18.4. The van der Waals surface area contributed by atoms with Gasteiger partial charge in [0.15, 0.2) is 5.82 Å². The maximum absolute atomic E-state index is 12.7. The summed E-state index contributed by atoms with van der Waals surface area (Å²) in [5.74, 6) is 1.47. The smallest absolute Gasteiger partial charge is 0.229 e. The first-order chi connectivity index (χ1) is 15.9. The Bertz CT molecular complexity index is 1210. The Kier molecular flexibility index (Phi) is 7.91. The van der Waals surface area contributed by atoms with Gasteiger partial charge in [-0.3, -0.25) is 0 Å². The van der Waals surface area contributed by atoms with Crippen molar-refractivity contribution >= 4 is 47.2 Å². The quantitative estimate of drug-likeness (QED) is 0.363. The normalized spacial score (nSPS) is 12.0. The second-order valence-electron chi connectivity index (χ2n) is 9.54. The summed E-state index contributed by atoms with van der Waals surface area (Å²) in [6, 6.07) is 13.5. The summed E-state index contributed by atoms with van der Waals surface area (Å²) >= 11 is 6.37. The number of halogens is 1. The number of aromatic nitrogens is 2. The lowest BCUT2D eigenvalue weighted by atomic mass is 9.84. The Morgan fingerprint density at radius 1 is 1.09 bits per heavy atom. The zero-order valence-corrected chi connectivity index (χ0v) is 22.5. The first kappa shape index (κ1) is 26.0. The molecule has 0 radical (unpaired) electrons. The van der Waals surface area contributed by atoms with Gasteiger partial charge in [0.05, 0.1) is 24.7 Å². The van der Waals surface area contributed by atoms with Gasteiger partial charge in [-0.05, 0) is 57.3 Å². The molecule has 34 heavy (non-hydrogen) atoms. The van der Waals surface area contributed by atoms with Gasteiger partial charge in [-0.15, -0.1) is 0 Å². The highest BCUT2D eigenvalue weighted by molar-refractivity contribution is 7.70. The molecule has 0 spiro atoms. The molecule has 0 aliphatic heterocycles. The lowest BCUT2D eigenvalue weighted by Gasteiger charge is -2.29. The van der Waals surface area contributed by atoms with E-state index in [0.29, 0.717) is 28.2 Å². The molecule has 0 amide bonds. The van der Waals surface area contributed by atoms with Gasteiger partial charge >= 0.3 is 0 Å². The van der Waals surface area contributed by atoms with E-state index in [-0.39, 0.29) is 5.41 Å². The van der Waals surface area contributed by atoms with E-state index in [2.05, 4.69) is 59.5 Å². The maximum atomic E-state index is 12.7. The molecule has 182 valence electrons. The number of rotatable bonds is 9. The van der Waals surface area contributed by atoms with Crippen LogP contribution in [0.5, 0.6) is 5.75 Å². The zero-order chi connectivity index (χ0) is 25.1. The van der Waals surface area contributed by atoms with E-state index in [4.69, 9.17) is 16.3 Å². The fourth-order valence-electron chi connectivity index (χ4n) is 3.91. The molecule has 0 aliphatic carbocycles. The highest BCUT2D eigenvalue weighted by Crippen LogP contribution is 2.39. The second kappa shape index (κ2) is 10.3. The Hall–Kier alpha value is -2.60. The minimum atomic E-state index is -2.50. The van der Waals surface area contributed by atoms with Crippen LogP contribution in [0.4, 0.5) is 23.1 Å². The molecular formula is C25H33ClN5O2P. The Morgan fingerprint density at radius 3 is 2.44 bits per heavy atom. The Labute approximate surface area is 207 Å². The molecule has 0 aliphatic rings. The minimum absolute atomic E-state index is 0.0471. The second-order valence-corrected chi connectivity index (χ2v) is 13.1. The number of likely N-dealkylation sites (N-methyl/N-ethyl adjacent to an activating group) is 1. The van der Waals surface area contributed by atoms with Crippen LogP contribution in [0.2, 0.25) is 5.02 Å². The van der Waals surface area contributed by atoms with E-state index in [1.165, 1.54) is 11.8 Å². The standard InChI is InChI=1S/C25H33ClN5O2P/c1-25(2,16-31(3)4)17-12-13-19(21(14-17)33-5)29-24-27-15-18(26)23(30-24)28-20-10-8-9-11-22(20)34(6,7)32/h8-15H,16H2,1-7H3,(H2,27,28,29,30). The van der Waals surface area contributed by atoms with Crippen LogP contribution in [0.1, 0.15) is 19.4 Å². The van der Waals surface area contributed by atoms with Crippen molar-refractivity contribution in [2.24, 2.45) is 0 Å². The van der Waals surface area contributed by atoms with Gasteiger partial charge < -0.3 is 24.8 Å². The predicted molar refractivity (Wildman–Crippen MR) is 144 cm³/mol. The van der Waals surface area contributed by atoms with E-state index in [0.717, 1.165) is 17.5 Å². The molecular weight excluding hydrogens is 469 g/mol. The molecule has 7 nitrogen and oxygen atoms in total. The SMILES string of the molecule is COc1cc(C(C)(C)CN(C)C)ccc1Nc1ncc(Cl)c(Nc2ccccc2P(C)(C)=O)n1. The van der Waals surface area contributed by atoms with E-state index in [1.54, 1.807) is 20.4 Å². The van der Waals surface area contributed by atoms with Gasteiger partial charge in [0.25, 0.3) is 0 Å². The first-order valence-corrected chi connectivity index (χ1v) is 13.9. The molecule has 0 atom stereocenters. The van der Waals surface area contributed by atoms with Crippen molar-refractivity contribution in [2.75, 3.05) is 51.7 Å². The molecule has 3 rings (SSSR count). The van der Waals surface area contributed by atoms with E-state index in [1.807, 2.05) is 36.4 Å². The van der Waals surface area contributed by atoms with E-state index < -0.39 is 7.14 Å². The third-order valence-electron chi connectivity index (χ3n) is 5.42. The third-order valence-corrected chi connectivity index (χ3v) is 7.25. The highest BCUT2D eigenvalue weighted by Gasteiger charge is 2.23. The van der Waals surface area contributed by atoms with Crippen LogP contribution in [-0.2, 0) is 9.98 Å². The summed E-state index contributed by atoms with van der Waals surface area (Å²) in [4.78, 5) is 11.0. The molecule has 0 fully saturated rings. The van der Waals surface area contributed by atoms with Crippen molar-refractivity contribution in [3.63, 3.8) is 0 Å². The molecule has 2 N–H and O–H groups in total. The number of nitrogens with one attached hydrogen (secondary N) is 2. The van der Waals surface area contributed by atoms with Gasteiger partial charge in [0.2, 0.25) is 5.95 Å². The summed E-state index contributed by atoms with van der Waals surface area (Å²) in [5, 5.41) is 7.54.